The number of hydrogen-bond acceptors (Lipinski definition) is 4. The van der Waals surface area contributed by atoms with Crippen molar-refractivity contribution in [3.8, 4) is 0 Å². The molecule has 1 amide bonds. The number of benzene rings is 1. The number of nitrogens with zero attached hydrogens (tertiary/aromatic N) is 2. The number of fused-ring (bicyclic) bond motifs is 1. The van der Waals surface area contributed by atoms with Crippen LogP contribution in [0, 0.1) is 5.92 Å². The molecule has 124 valence electrons. The number of aliphatic hydroxyl groups is 1. The molecule has 1 unspecified atom stereocenters. The second-order valence-electron chi connectivity index (χ2n) is 5.59. The van der Waals surface area contributed by atoms with Crippen molar-refractivity contribution in [1.82, 2.24) is 9.88 Å². The molecule has 0 saturated carbocycles. The summed E-state index contributed by atoms with van der Waals surface area (Å²) in [6, 6.07) is 4.64. The molecule has 23 heavy (non-hydrogen) atoms. The normalized spacial score (nSPS) is 18.8. The second-order valence-corrected chi connectivity index (χ2v) is 6.62. The number of rotatable bonds is 3. The summed E-state index contributed by atoms with van der Waals surface area (Å²) in [6.45, 7) is 1.14. The van der Waals surface area contributed by atoms with Gasteiger partial charge >= 0.3 is 6.18 Å². The summed E-state index contributed by atoms with van der Waals surface area (Å²) in [5.41, 5.74) is 0.319. The van der Waals surface area contributed by atoms with Crippen LogP contribution in [-0.4, -0.2) is 40.6 Å². The van der Waals surface area contributed by atoms with Crippen LogP contribution >= 0.6 is 11.3 Å². The van der Waals surface area contributed by atoms with Crippen LogP contribution in [-0.2, 0) is 6.18 Å². The van der Waals surface area contributed by atoms with Gasteiger partial charge in [0.1, 0.15) is 0 Å². The number of halogens is 3. The van der Waals surface area contributed by atoms with Crippen molar-refractivity contribution in [2.45, 2.75) is 19.0 Å². The molecule has 4 nitrogen and oxygen atoms in total. The van der Waals surface area contributed by atoms with Crippen molar-refractivity contribution in [2.24, 2.45) is 5.92 Å². The second kappa shape index (κ2) is 6.09. The molecule has 2 aromatic rings. The highest BCUT2D eigenvalue weighted by atomic mass is 32.1. The van der Waals surface area contributed by atoms with E-state index in [4.69, 9.17) is 5.11 Å². The quantitative estimate of drug-likeness (QED) is 0.931. The van der Waals surface area contributed by atoms with Crippen LogP contribution < -0.4 is 0 Å². The van der Waals surface area contributed by atoms with Gasteiger partial charge < -0.3 is 10.0 Å². The molecule has 1 fully saturated rings. The standard InChI is InChI=1S/C15H15F3N2O2S/c16-15(17,18)14-19-12-10(2-1-3-11(12)23-14)13(22)20-6-4-9(8-20)5-7-21/h1-3,9,21H,4-8H2. The number of thiazole rings is 1. The monoisotopic (exact) mass is 344 g/mol. The Balaban J connectivity index is 1.91. The van der Waals surface area contributed by atoms with E-state index in [9.17, 15) is 18.0 Å². The fourth-order valence-electron chi connectivity index (χ4n) is 2.85. The summed E-state index contributed by atoms with van der Waals surface area (Å²) in [5, 5.41) is 8.03. The highest BCUT2D eigenvalue weighted by Gasteiger charge is 2.36. The fourth-order valence-corrected chi connectivity index (χ4v) is 3.71. The summed E-state index contributed by atoms with van der Waals surface area (Å²) in [5.74, 6) is -0.0561. The molecule has 1 N–H and O–H groups in total. The van der Waals surface area contributed by atoms with Crippen molar-refractivity contribution >= 4 is 27.5 Å². The number of amides is 1. The average Bonchev–Trinajstić information content (AvgIpc) is 3.12. The summed E-state index contributed by atoms with van der Waals surface area (Å²) in [7, 11) is 0. The van der Waals surface area contributed by atoms with E-state index in [2.05, 4.69) is 4.98 Å². The molecule has 1 aliphatic heterocycles. The smallest absolute Gasteiger partial charge is 0.396 e. The molecule has 3 rings (SSSR count). The zero-order chi connectivity index (χ0) is 16.6. The topological polar surface area (TPSA) is 53.4 Å². The van der Waals surface area contributed by atoms with Gasteiger partial charge in [-0.25, -0.2) is 4.98 Å². The van der Waals surface area contributed by atoms with Crippen LogP contribution in [0.15, 0.2) is 18.2 Å². The third-order valence-corrected chi connectivity index (χ3v) is 5.07. The molecular formula is C15H15F3N2O2S. The van der Waals surface area contributed by atoms with Crippen LogP contribution in [0.25, 0.3) is 10.2 Å². The number of para-hydroxylation sites is 1. The van der Waals surface area contributed by atoms with Gasteiger partial charge in [0, 0.05) is 19.7 Å². The minimum absolute atomic E-state index is 0.0727. The molecule has 0 aliphatic carbocycles. The largest absolute Gasteiger partial charge is 0.443 e. The number of likely N-dealkylation sites (tertiary alicyclic amines) is 1. The van der Waals surface area contributed by atoms with E-state index < -0.39 is 11.2 Å². The van der Waals surface area contributed by atoms with Gasteiger partial charge in [-0.05, 0) is 30.9 Å². The van der Waals surface area contributed by atoms with Crippen LogP contribution in [0.4, 0.5) is 13.2 Å². The molecule has 1 saturated heterocycles. The van der Waals surface area contributed by atoms with Gasteiger partial charge in [-0.1, -0.05) is 6.07 Å². The summed E-state index contributed by atoms with van der Waals surface area (Å²) in [6.07, 6.45) is -3.08. The summed E-state index contributed by atoms with van der Waals surface area (Å²) >= 11 is 0.547. The van der Waals surface area contributed by atoms with Crippen LogP contribution in [0.2, 0.25) is 0 Å². The maximum Gasteiger partial charge on any atom is 0.443 e. The van der Waals surface area contributed by atoms with Crippen molar-refractivity contribution in [1.29, 1.82) is 0 Å². The number of alkyl halides is 3. The number of carbonyl (C=O) groups excluding carboxylic acids is 1. The SMILES string of the molecule is O=C(c1cccc2sc(C(F)(F)F)nc12)N1CCC(CCO)C1. The number of carbonyl (C=O) groups is 1. The maximum absolute atomic E-state index is 12.8. The van der Waals surface area contributed by atoms with Crippen molar-refractivity contribution in [3.05, 3.63) is 28.8 Å². The third kappa shape index (κ3) is 3.18. The Kier molecular flexibility index (Phi) is 4.29. The van der Waals surface area contributed by atoms with E-state index in [-0.39, 0.29) is 29.5 Å². The van der Waals surface area contributed by atoms with Gasteiger partial charge in [0.05, 0.1) is 15.8 Å². The first kappa shape index (κ1) is 16.2. The van der Waals surface area contributed by atoms with Crippen molar-refractivity contribution in [3.63, 3.8) is 0 Å². The number of aromatic nitrogens is 1. The zero-order valence-electron chi connectivity index (χ0n) is 12.1. The molecule has 2 heterocycles. The number of hydrogen-bond donors (Lipinski definition) is 1. The zero-order valence-corrected chi connectivity index (χ0v) is 13.0. The Morgan fingerprint density at radius 1 is 1.43 bits per heavy atom. The Morgan fingerprint density at radius 2 is 2.22 bits per heavy atom. The van der Waals surface area contributed by atoms with E-state index in [0.29, 0.717) is 35.5 Å². The molecule has 1 aromatic heterocycles. The highest BCUT2D eigenvalue weighted by Crippen LogP contribution is 2.36. The lowest BCUT2D eigenvalue weighted by atomic mass is 10.1. The first-order chi connectivity index (χ1) is 10.9. The Morgan fingerprint density at radius 3 is 2.91 bits per heavy atom. The Hall–Kier alpha value is -1.67. The first-order valence-corrected chi connectivity index (χ1v) is 8.08. The number of aliphatic hydroxyl groups excluding tert-OH is 1. The summed E-state index contributed by atoms with van der Waals surface area (Å²) in [4.78, 5) is 17.9. The minimum Gasteiger partial charge on any atom is -0.396 e. The first-order valence-electron chi connectivity index (χ1n) is 7.27. The Bertz CT molecular complexity index is 729. The van der Waals surface area contributed by atoms with E-state index in [1.54, 1.807) is 11.0 Å². The fraction of sp³-hybridized carbons (Fsp3) is 0.467. The molecule has 8 heteroatoms. The van der Waals surface area contributed by atoms with Crippen molar-refractivity contribution in [2.75, 3.05) is 19.7 Å². The van der Waals surface area contributed by atoms with Gasteiger partial charge in [-0.2, -0.15) is 13.2 Å². The van der Waals surface area contributed by atoms with Gasteiger partial charge in [0.2, 0.25) is 0 Å². The highest BCUT2D eigenvalue weighted by molar-refractivity contribution is 7.18. The lowest BCUT2D eigenvalue weighted by molar-refractivity contribution is -0.137. The lowest BCUT2D eigenvalue weighted by Gasteiger charge is -2.16. The average molecular weight is 344 g/mol. The lowest BCUT2D eigenvalue weighted by Crippen LogP contribution is -2.29. The van der Waals surface area contributed by atoms with E-state index >= 15 is 0 Å². The maximum atomic E-state index is 12.8. The molecule has 0 spiro atoms. The van der Waals surface area contributed by atoms with Crippen LogP contribution in [0.3, 0.4) is 0 Å². The van der Waals surface area contributed by atoms with Gasteiger partial charge in [0.25, 0.3) is 5.91 Å². The predicted molar refractivity (Wildman–Crippen MR) is 80.3 cm³/mol. The van der Waals surface area contributed by atoms with E-state index in [1.807, 2.05) is 0 Å². The summed E-state index contributed by atoms with van der Waals surface area (Å²) < 4.78 is 38.8. The van der Waals surface area contributed by atoms with Crippen molar-refractivity contribution < 1.29 is 23.1 Å². The molecule has 0 bridgehead atoms. The van der Waals surface area contributed by atoms with E-state index in [0.717, 1.165) is 6.42 Å². The van der Waals surface area contributed by atoms with Crippen LogP contribution in [0.1, 0.15) is 28.2 Å². The van der Waals surface area contributed by atoms with Gasteiger partial charge in [-0.3, -0.25) is 4.79 Å². The molecule has 1 aliphatic rings. The molecule has 1 atom stereocenters. The van der Waals surface area contributed by atoms with E-state index in [1.165, 1.54) is 12.1 Å². The van der Waals surface area contributed by atoms with Crippen LogP contribution in [0.5, 0.6) is 0 Å². The molecule has 0 radical (unpaired) electrons. The molecular weight excluding hydrogens is 329 g/mol. The van der Waals surface area contributed by atoms with Gasteiger partial charge in [-0.15, -0.1) is 11.3 Å². The third-order valence-electron chi connectivity index (χ3n) is 4.00. The van der Waals surface area contributed by atoms with Gasteiger partial charge in [0.15, 0.2) is 5.01 Å². The Labute approximate surface area is 134 Å². The minimum atomic E-state index is -4.51. The predicted octanol–water partition coefficient (Wildman–Crippen LogP) is 3.16. The molecule has 1 aromatic carbocycles.